The van der Waals surface area contributed by atoms with E-state index in [0.29, 0.717) is 21.8 Å². The average Bonchev–Trinajstić information content (AvgIpc) is 3.18. The van der Waals surface area contributed by atoms with Crippen molar-refractivity contribution >= 4 is 40.0 Å². The molecule has 0 saturated heterocycles. The minimum atomic E-state index is -0.322. The van der Waals surface area contributed by atoms with Gasteiger partial charge in [0.2, 0.25) is 11.0 Å². The van der Waals surface area contributed by atoms with E-state index in [1.54, 1.807) is 12.1 Å². The quantitative estimate of drug-likeness (QED) is 0.413. The van der Waals surface area contributed by atoms with Gasteiger partial charge in [0.05, 0.1) is 5.75 Å². The van der Waals surface area contributed by atoms with Crippen LogP contribution in [0.4, 0.5) is 5.13 Å². The second-order valence-corrected chi connectivity index (χ2v) is 7.77. The molecule has 3 rings (SSSR count). The summed E-state index contributed by atoms with van der Waals surface area (Å²) in [5.41, 5.74) is 1.04. The molecule has 28 heavy (non-hydrogen) atoms. The Morgan fingerprint density at radius 1 is 0.964 bits per heavy atom. The molecule has 0 saturated carbocycles. The van der Waals surface area contributed by atoms with Gasteiger partial charge in [-0.25, -0.2) is 0 Å². The molecule has 9 heteroatoms. The number of hydrogen-bond acceptors (Lipinski definition) is 7. The van der Waals surface area contributed by atoms with E-state index in [9.17, 15) is 9.59 Å². The van der Waals surface area contributed by atoms with Crippen LogP contribution in [0.15, 0.2) is 65.0 Å². The van der Waals surface area contributed by atoms with Crippen molar-refractivity contribution in [1.82, 2.24) is 15.5 Å². The minimum absolute atomic E-state index is 0.0918. The van der Waals surface area contributed by atoms with Gasteiger partial charge >= 0.3 is 0 Å². The van der Waals surface area contributed by atoms with Gasteiger partial charge in [0.25, 0.3) is 5.91 Å². The Morgan fingerprint density at radius 2 is 1.68 bits per heavy atom. The first-order chi connectivity index (χ1) is 13.7. The smallest absolute Gasteiger partial charge is 0.264 e. The molecule has 0 spiro atoms. The maximum absolute atomic E-state index is 11.9. The fourth-order valence-corrected chi connectivity index (χ4v) is 3.71. The molecular weight excluding hydrogens is 396 g/mol. The lowest BCUT2D eigenvalue weighted by molar-refractivity contribution is -0.119. The number of hydrogen-bond donors (Lipinski definition) is 2. The number of aromatic nitrogens is 2. The van der Waals surface area contributed by atoms with E-state index < -0.39 is 0 Å². The molecule has 0 atom stereocenters. The molecule has 0 fully saturated rings. The van der Waals surface area contributed by atoms with E-state index in [0.717, 1.165) is 5.56 Å². The van der Waals surface area contributed by atoms with Crippen molar-refractivity contribution in [1.29, 1.82) is 0 Å². The molecular formula is C19H18N4O3S2. The largest absolute Gasteiger partial charge is 0.484 e. The Hall–Kier alpha value is -2.91. The van der Waals surface area contributed by atoms with Crippen molar-refractivity contribution < 1.29 is 14.3 Å². The number of carbonyl (C=O) groups excluding carboxylic acids is 2. The normalized spacial score (nSPS) is 10.3. The van der Waals surface area contributed by atoms with Gasteiger partial charge in [-0.3, -0.25) is 14.9 Å². The molecule has 0 aliphatic rings. The third kappa shape index (κ3) is 6.67. The molecule has 3 aromatic rings. The molecule has 0 radical (unpaired) electrons. The van der Waals surface area contributed by atoms with Gasteiger partial charge in [-0.1, -0.05) is 71.6 Å². The highest BCUT2D eigenvalue weighted by molar-refractivity contribution is 8.01. The summed E-state index contributed by atoms with van der Waals surface area (Å²) in [5, 5.41) is 13.7. The Balaban J connectivity index is 1.37. The van der Waals surface area contributed by atoms with Crippen molar-refractivity contribution in [3.63, 3.8) is 0 Å². The SMILES string of the molecule is O=C(CSc1nnc(NC(=O)COc2ccccc2)s1)NCc1ccccc1. The Kier molecular flexibility index (Phi) is 7.39. The van der Waals surface area contributed by atoms with Crippen LogP contribution in [0.5, 0.6) is 5.75 Å². The minimum Gasteiger partial charge on any atom is -0.484 e. The summed E-state index contributed by atoms with van der Waals surface area (Å²) in [6, 6.07) is 18.8. The van der Waals surface area contributed by atoms with E-state index in [1.807, 2.05) is 48.5 Å². The number of amides is 2. The summed E-state index contributed by atoms with van der Waals surface area (Å²) >= 11 is 2.48. The molecule has 2 N–H and O–H groups in total. The number of carbonyl (C=O) groups is 2. The maximum Gasteiger partial charge on any atom is 0.264 e. The average molecular weight is 415 g/mol. The van der Waals surface area contributed by atoms with E-state index >= 15 is 0 Å². The van der Waals surface area contributed by atoms with Gasteiger partial charge < -0.3 is 10.1 Å². The van der Waals surface area contributed by atoms with Crippen LogP contribution in [0.25, 0.3) is 0 Å². The van der Waals surface area contributed by atoms with E-state index in [1.165, 1.54) is 23.1 Å². The van der Waals surface area contributed by atoms with Gasteiger partial charge in [-0.15, -0.1) is 10.2 Å². The van der Waals surface area contributed by atoms with Crippen molar-refractivity contribution in [2.24, 2.45) is 0 Å². The predicted octanol–water partition coefficient (Wildman–Crippen LogP) is 2.96. The van der Waals surface area contributed by atoms with Crippen molar-refractivity contribution in [3.8, 4) is 5.75 Å². The molecule has 1 heterocycles. The third-order valence-corrected chi connectivity index (χ3v) is 5.40. The summed E-state index contributed by atoms with van der Waals surface area (Å²) in [6.07, 6.45) is 0. The summed E-state index contributed by atoms with van der Waals surface area (Å²) < 4.78 is 5.98. The number of anilines is 1. The molecule has 0 aliphatic carbocycles. The predicted molar refractivity (Wildman–Crippen MR) is 109 cm³/mol. The van der Waals surface area contributed by atoms with Crippen LogP contribution in [-0.2, 0) is 16.1 Å². The molecule has 7 nitrogen and oxygen atoms in total. The van der Waals surface area contributed by atoms with Crippen molar-refractivity contribution in [2.45, 2.75) is 10.9 Å². The van der Waals surface area contributed by atoms with E-state index in [-0.39, 0.29) is 24.2 Å². The fraction of sp³-hybridized carbons (Fsp3) is 0.158. The van der Waals surface area contributed by atoms with Gasteiger partial charge in [0.1, 0.15) is 5.75 Å². The fourth-order valence-electron chi connectivity index (χ4n) is 2.11. The molecule has 0 bridgehead atoms. The zero-order valence-electron chi connectivity index (χ0n) is 14.8. The number of thioether (sulfide) groups is 1. The van der Waals surface area contributed by atoms with Crippen LogP contribution in [0, 0.1) is 0 Å². The Bertz CT molecular complexity index is 904. The zero-order chi connectivity index (χ0) is 19.6. The first-order valence-electron chi connectivity index (χ1n) is 8.43. The van der Waals surface area contributed by atoms with Crippen LogP contribution < -0.4 is 15.4 Å². The number of nitrogens with one attached hydrogen (secondary N) is 2. The summed E-state index contributed by atoms with van der Waals surface area (Å²) in [6.45, 7) is 0.368. The second kappa shape index (κ2) is 10.4. The summed E-state index contributed by atoms with van der Waals surface area (Å²) in [4.78, 5) is 23.8. The number of nitrogens with zero attached hydrogens (tertiary/aromatic N) is 2. The number of ether oxygens (including phenoxy) is 1. The van der Waals surface area contributed by atoms with E-state index in [4.69, 9.17) is 4.74 Å². The number of para-hydroxylation sites is 1. The highest BCUT2D eigenvalue weighted by Gasteiger charge is 2.11. The Morgan fingerprint density at radius 3 is 2.43 bits per heavy atom. The first-order valence-corrected chi connectivity index (χ1v) is 10.2. The van der Waals surface area contributed by atoms with Crippen LogP contribution in [0.2, 0.25) is 0 Å². The topological polar surface area (TPSA) is 93.2 Å². The molecule has 144 valence electrons. The molecule has 2 amide bonds. The first kappa shape index (κ1) is 19.8. The van der Waals surface area contributed by atoms with E-state index in [2.05, 4.69) is 20.8 Å². The summed E-state index contributed by atoms with van der Waals surface area (Å²) in [7, 11) is 0. The highest BCUT2D eigenvalue weighted by atomic mass is 32.2. The molecule has 0 unspecified atom stereocenters. The lowest BCUT2D eigenvalue weighted by Crippen LogP contribution is -2.24. The summed E-state index contributed by atoms with van der Waals surface area (Å²) in [5.74, 6) is 0.433. The van der Waals surface area contributed by atoms with Gasteiger partial charge in [-0.2, -0.15) is 0 Å². The van der Waals surface area contributed by atoms with Crippen LogP contribution in [0.3, 0.4) is 0 Å². The highest BCUT2D eigenvalue weighted by Crippen LogP contribution is 2.25. The van der Waals surface area contributed by atoms with Crippen molar-refractivity contribution in [3.05, 3.63) is 66.2 Å². The maximum atomic E-state index is 11.9. The van der Waals surface area contributed by atoms with Gasteiger partial charge in [0, 0.05) is 6.54 Å². The lowest BCUT2D eigenvalue weighted by Gasteiger charge is -2.04. The van der Waals surface area contributed by atoms with Crippen LogP contribution >= 0.6 is 23.1 Å². The third-order valence-electron chi connectivity index (χ3n) is 3.43. The molecule has 1 aromatic heterocycles. The zero-order valence-corrected chi connectivity index (χ0v) is 16.5. The van der Waals surface area contributed by atoms with Gasteiger partial charge in [-0.05, 0) is 17.7 Å². The second-order valence-electron chi connectivity index (χ2n) is 5.57. The monoisotopic (exact) mass is 414 g/mol. The molecule has 0 aliphatic heterocycles. The van der Waals surface area contributed by atoms with Crippen LogP contribution in [-0.4, -0.2) is 34.4 Å². The number of rotatable bonds is 9. The van der Waals surface area contributed by atoms with Gasteiger partial charge in [0.15, 0.2) is 10.9 Å². The Labute approximate surface area is 170 Å². The number of benzene rings is 2. The molecule has 2 aromatic carbocycles. The standard InChI is InChI=1S/C19H18N4O3S2/c24-16(12-26-15-9-5-2-6-10-15)21-18-22-23-19(28-18)27-13-17(25)20-11-14-7-3-1-4-8-14/h1-10H,11-13H2,(H,20,25)(H,21,22,24). The lowest BCUT2D eigenvalue weighted by atomic mass is 10.2. The van der Waals surface area contributed by atoms with Crippen LogP contribution in [0.1, 0.15) is 5.56 Å². The van der Waals surface area contributed by atoms with Crippen molar-refractivity contribution in [2.75, 3.05) is 17.7 Å².